The average molecular weight is 789 g/mol. The van der Waals surface area contributed by atoms with Crippen molar-refractivity contribution in [1.82, 2.24) is 4.57 Å². The van der Waals surface area contributed by atoms with Crippen molar-refractivity contribution in [1.29, 1.82) is 0 Å². The van der Waals surface area contributed by atoms with Crippen LogP contribution in [0.1, 0.15) is 0 Å². The number of aromatic nitrogens is 1. The first-order valence-corrected chi connectivity index (χ1v) is 21.3. The predicted molar refractivity (Wildman–Crippen MR) is 264 cm³/mol. The average Bonchev–Trinajstić information content (AvgIpc) is 3.68. The normalized spacial score (nSPS) is 11.5. The highest BCUT2D eigenvalue weighted by Crippen LogP contribution is 2.48. The molecule has 1 aromatic heterocycles. The summed E-state index contributed by atoms with van der Waals surface area (Å²) in [4.78, 5) is 2.47. The molecule has 12 rings (SSSR count). The van der Waals surface area contributed by atoms with Crippen LogP contribution in [0.4, 0.5) is 17.1 Å². The summed E-state index contributed by atoms with van der Waals surface area (Å²) in [6.45, 7) is 0. The van der Waals surface area contributed by atoms with E-state index >= 15 is 0 Å². The van der Waals surface area contributed by atoms with Gasteiger partial charge in [-0.1, -0.05) is 188 Å². The van der Waals surface area contributed by atoms with Gasteiger partial charge in [-0.25, -0.2) is 0 Å². The van der Waals surface area contributed by atoms with Crippen LogP contribution >= 0.6 is 0 Å². The van der Waals surface area contributed by atoms with Crippen molar-refractivity contribution in [2.24, 2.45) is 0 Å². The zero-order valence-corrected chi connectivity index (χ0v) is 34.0. The van der Waals surface area contributed by atoms with Crippen LogP contribution in [0, 0.1) is 0 Å². The highest BCUT2D eigenvalue weighted by Gasteiger charge is 2.23. The Morgan fingerprint density at radius 2 is 0.806 bits per heavy atom. The quantitative estimate of drug-likeness (QED) is 0.146. The van der Waals surface area contributed by atoms with Gasteiger partial charge in [0.1, 0.15) is 0 Å². The van der Waals surface area contributed by atoms with Gasteiger partial charge in [0.05, 0.1) is 16.7 Å². The molecule has 0 saturated carbocycles. The molecule has 2 heteroatoms. The Morgan fingerprint density at radius 3 is 1.55 bits per heavy atom. The molecule has 0 unspecified atom stereocenters. The lowest BCUT2D eigenvalue weighted by atomic mass is 9.85. The van der Waals surface area contributed by atoms with Gasteiger partial charge in [-0.2, -0.15) is 0 Å². The number of para-hydroxylation sites is 2. The number of fused-ring (bicyclic) bond motifs is 7. The third kappa shape index (κ3) is 5.88. The monoisotopic (exact) mass is 788 g/mol. The molecule has 1 heterocycles. The van der Waals surface area contributed by atoms with Gasteiger partial charge in [-0.15, -0.1) is 0 Å². The van der Waals surface area contributed by atoms with E-state index in [9.17, 15) is 0 Å². The van der Waals surface area contributed by atoms with E-state index < -0.39 is 0 Å². The van der Waals surface area contributed by atoms with Crippen molar-refractivity contribution in [3.05, 3.63) is 243 Å². The molecule has 0 spiro atoms. The number of hydrogen-bond acceptors (Lipinski definition) is 1. The number of anilines is 3. The minimum Gasteiger partial charge on any atom is -0.310 e. The van der Waals surface area contributed by atoms with Gasteiger partial charge >= 0.3 is 0 Å². The van der Waals surface area contributed by atoms with E-state index in [1.54, 1.807) is 0 Å². The van der Waals surface area contributed by atoms with Crippen LogP contribution in [0.25, 0.3) is 93.2 Å². The van der Waals surface area contributed by atoms with Crippen LogP contribution in [-0.2, 0) is 0 Å². The van der Waals surface area contributed by atoms with Crippen molar-refractivity contribution in [2.45, 2.75) is 0 Å². The lowest BCUT2D eigenvalue weighted by Crippen LogP contribution is -2.11. The Morgan fingerprint density at radius 1 is 0.290 bits per heavy atom. The molecule has 11 aromatic carbocycles. The van der Waals surface area contributed by atoms with Gasteiger partial charge in [0, 0.05) is 33.4 Å². The molecule has 0 amide bonds. The maximum atomic E-state index is 2.47. The van der Waals surface area contributed by atoms with E-state index in [0.29, 0.717) is 0 Å². The van der Waals surface area contributed by atoms with E-state index in [2.05, 4.69) is 252 Å². The summed E-state index contributed by atoms with van der Waals surface area (Å²) < 4.78 is 2.42. The molecule has 0 saturated heterocycles. The molecule has 0 aliphatic rings. The van der Waals surface area contributed by atoms with Crippen molar-refractivity contribution in [3.63, 3.8) is 0 Å². The molecule has 0 fully saturated rings. The van der Waals surface area contributed by atoms with E-state index in [1.165, 1.54) is 87.5 Å². The van der Waals surface area contributed by atoms with Crippen LogP contribution in [-0.4, -0.2) is 4.57 Å². The summed E-state index contributed by atoms with van der Waals surface area (Å²) in [6, 6.07) is 88.6. The first-order chi connectivity index (χ1) is 30.8. The summed E-state index contributed by atoms with van der Waals surface area (Å²) in [5.74, 6) is 0. The first kappa shape index (κ1) is 35.7. The first-order valence-electron chi connectivity index (χ1n) is 21.3. The van der Waals surface area contributed by atoms with Crippen LogP contribution in [0.15, 0.2) is 243 Å². The minimum absolute atomic E-state index is 1.09. The van der Waals surface area contributed by atoms with Crippen molar-refractivity contribution >= 4 is 71.2 Å². The van der Waals surface area contributed by atoms with Crippen LogP contribution < -0.4 is 4.90 Å². The fourth-order valence-electron chi connectivity index (χ4n) is 9.78. The van der Waals surface area contributed by atoms with Gasteiger partial charge in [-0.05, 0) is 115 Å². The van der Waals surface area contributed by atoms with Gasteiger partial charge in [0.15, 0.2) is 0 Å². The summed E-state index contributed by atoms with van der Waals surface area (Å²) >= 11 is 0. The molecule has 62 heavy (non-hydrogen) atoms. The second kappa shape index (κ2) is 14.8. The third-order valence-electron chi connectivity index (χ3n) is 12.5. The fraction of sp³-hybridized carbons (Fsp3) is 0. The van der Waals surface area contributed by atoms with E-state index in [1.807, 2.05) is 0 Å². The molecular weight excluding hydrogens is 749 g/mol. The zero-order valence-electron chi connectivity index (χ0n) is 34.0. The Hall–Kier alpha value is -8.20. The molecule has 0 atom stereocenters. The fourth-order valence-corrected chi connectivity index (χ4v) is 9.78. The van der Waals surface area contributed by atoms with E-state index in [-0.39, 0.29) is 0 Å². The molecule has 0 radical (unpaired) electrons. The Labute approximate surface area is 360 Å². The molecule has 0 N–H and O–H groups in total. The van der Waals surface area contributed by atoms with Crippen LogP contribution in [0.2, 0.25) is 0 Å². The number of rotatable bonds is 7. The van der Waals surface area contributed by atoms with Crippen molar-refractivity contribution < 1.29 is 0 Å². The summed E-state index contributed by atoms with van der Waals surface area (Å²) in [5.41, 5.74) is 14.0. The molecule has 0 bridgehead atoms. The van der Waals surface area contributed by atoms with Crippen LogP contribution in [0.3, 0.4) is 0 Å². The molecule has 2 nitrogen and oxygen atoms in total. The smallest absolute Gasteiger partial charge is 0.0542 e. The van der Waals surface area contributed by atoms with Gasteiger partial charge in [0.2, 0.25) is 0 Å². The van der Waals surface area contributed by atoms with E-state index in [0.717, 1.165) is 22.7 Å². The second-order valence-electron chi connectivity index (χ2n) is 16.1. The molecular formula is C60H40N2. The highest BCUT2D eigenvalue weighted by molar-refractivity contribution is 6.22. The van der Waals surface area contributed by atoms with Crippen molar-refractivity contribution in [2.75, 3.05) is 4.90 Å². The minimum atomic E-state index is 1.09. The highest BCUT2D eigenvalue weighted by atomic mass is 15.1. The lowest BCUT2D eigenvalue weighted by molar-refractivity contribution is 1.18. The third-order valence-corrected chi connectivity index (χ3v) is 12.5. The standard InChI is InChI=1S/C60H40N2/c1-4-19-42(20-5-1)49-26-14-16-30-56(49)61(48-35-37-58-54(39-48)52-28-15-17-31-57(52)62(58)46-33-32-41-18-10-11-25-45(41)38-46)47-34-36-51-50-27-12-13-29-53(50)59(43-21-6-2-7-22-43)60(55(51)40-47)44-23-8-3-9-24-44/h1-40H. The van der Waals surface area contributed by atoms with E-state index in [4.69, 9.17) is 0 Å². The second-order valence-corrected chi connectivity index (χ2v) is 16.1. The number of hydrogen-bond donors (Lipinski definition) is 0. The number of nitrogens with zero attached hydrogens (tertiary/aromatic N) is 2. The van der Waals surface area contributed by atoms with Gasteiger partial charge < -0.3 is 9.47 Å². The Balaban J connectivity index is 1.15. The lowest BCUT2D eigenvalue weighted by Gasteiger charge is -2.29. The number of benzene rings is 11. The summed E-state index contributed by atoms with van der Waals surface area (Å²) in [7, 11) is 0. The van der Waals surface area contributed by atoms with Gasteiger partial charge in [-0.3, -0.25) is 0 Å². The predicted octanol–water partition coefficient (Wildman–Crippen LogP) is 16.7. The van der Waals surface area contributed by atoms with Crippen LogP contribution in [0.5, 0.6) is 0 Å². The molecule has 12 aromatic rings. The Bertz CT molecular complexity index is 3620. The summed E-state index contributed by atoms with van der Waals surface area (Å²) in [5, 5.41) is 9.82. The van der Waals surface area contributed by atoms with Crippen molar-refractivity contribution in [3.8, 4) is 39.1 Å². The molecule has 0 aliphatic heterocycles. The molecule has 290 valence electrons. The zero-order chi connectivity index (χ0) is 41.0. The summed E-state index contributed by atoms with van der Waals surface area (Å²) in [6.07, 6.45) is 0. The largest absolute Gasteiger partial charge is 0.310 e. The maximum Gasteiger partial charge on any atom is 0.0542 e. The van der Waals surface area contributed by atoms with Gasteiger partial charge in [0.25, 0.3) is 0 Å². The maximum absolute atomic E-state index is 2.47. The topological polar surface area (TPSA) is 8.17 Å². The Kier molecular flexibility index (Phi) is 8.53. The SMILES string of the molecule is c1ccc(-c2ccccc2N(c2ccc3c(c2)c(-c2ccccc2)c(-c2ccccc2)c2ccccc23)c2ccc3c(c2)c2ccccc2n3-c2ccc3ccccc3c2)cc1. The molecule has 0 aliphatic carbocycles.